The Labute approximate surface area is 125 Å². The Morgan fingerprint density at radius 3 is 2.29 bits per heavy atom. The van der Waals surface area contributed by atoms with Crippen LogP contribution in [0.25, 0.3) is 0 Å². The predicted molar refractivity (Wildman–Crippen MR) is 81.1 cm³/mol. The molecule has 1 aromatic carbocycles. The summed E-state index contributed by atoms with van der Waals surface area (Å²) in [6, 6.07) is 2.80. The zero-order valence-electron chi connectivity index (χ0n) is 13.2. The van der Waals surface area contributed by atoms with Crippen LogP contribution < -0.4 is 10.1 Å². The number of aryl methyl sites for hydroxylation is 2. The highest BCUT2D eigenvalue weighted by atomic mass is 16.5. The molecule has 0 aromatic heterocycles. The van der Waals surface area contributed by atoms with Crippen LogP contribution in [0.15, 0.2) is 12.1 Å². The van der Waals surface area contributed by atoms with Gasteiger partial charge in [-0.2, -0.15) is 0 Å². The fourth-order valence-electron chi connectivity index (χ4n) is 2.14. The molecule has 0 fully saturated rings. The van der Waals surface area contributed by atoms with Gasteiger partial charge in [0, 0.05) is 6.04 Å². The number of carbonyl (C=O) groups excluding carboxylic acids is 1. The van der Waals surface area contributed by atoms with E-state index < -0.39 is 12.0 Å². The summed E-state index contributed by atoms with van der Waals surface area (Å²) in [5, 5.41) is 12.0. The van der Waals surface area contributed by atoms with E-state index in [0.29, 0.717) is 11.3 Å². The van der Waals surface area contributed by atoms with Gasteiger partial charge in [-0.3, -0.25) is 9.59 Å². The number of rotatable bonds is 7. The number of ketones is 1. The van der Waals surface area contributed by atoms with Gasteiger partial charge < -0.3 is 15.2 Å². The molecule has 21 heavy (non-hydrogen) atoms. The van der Waals surface area contributed by atoms with Gasteiger partial charge in [-0.1, -0.05) is 13.8 Å². The van der Waals surface area contributed by atoms with E-state index in [9.17, 15) is 9.59 Å². The van der Waals surface area contributed by atoms with Crippen LogP contribution in [0.5, 0.6) is 5.75 Å². The molecule has 0 saturated carbocycles. The van der Waals surface area contributed by atoms with Crippen molar-refractivity contribution in [3.05, 3.63) is 28.8 Å². The van der Waals surface area contributed by atoms with Crippen molar-refractivity contribution < 1.29 is 19.4 Å². The fraction of sp³-hybridized carbons (Fsp3) is 0.500. The topological polar surface area (TPSA) is 75.6 Å². The van der Waals surface area contributed by atoms with Crippen molar-refractivity contribution in [1.82, 2.24) is 5.32 Å². The minimum Gasteiger partial charge on any atom is -0.496 e. The van der Waals surface area contributed by atoms with Gasteiger partial charge in [-0.25, -0.2) is 0 Å². The Morgan fingerprint density at radius 2 is 1.81 bits per heavy atom. The van der Waals surface area contributed by atoms with Crippen molar-refractivity contribution in [2.24, 2.45) is 0 Å². The second-order valence-corrected chi connectivity index (χ2v) is 5.47. The molecule has 1 atom stereocenters. The molecule has 1 aromatic rings. The number of benzene rings is 1. The molecule has 0 aliphatic carbocycles. The van der Waals surface area contributed by atoms with E-state index in [2.05, 4.69) is 5.32 Å². The Bertz CT molecular complexity index is 537. The number of Topliss-reactive ketones (excluding diaryl/α,β-unsaturated/α-hetero) is 1. The summed E-state index contributed by atoms with van der Waals surface area (Å²) in [5.74, 6) is -0.792. The summed E-state index contributed by atoms with van der Waals surface area (Å²) >= 11 is 0. The first-order valence-corrected chi connectivity index (χ1v) is 6.93. The molecule has 116 valence electrons. The Morgan fingerprint density at radius 1 is 1.24 bits per heavy atom. The molecule has 1 rings (SSSR count). The van der Waals surface area contributed by atoms with Gasteiger partial charge in [0.05, 0.1) is 25.1 Å². The van der Waals surface area contributed by atoms with E-state index in [1.807, 2.05) is 27.7 Å². The molecular formula is C16H23NO4. The Balaban J connectivity index is 3.18. The molecule has 0 bridgehead atoms. The van der Waals surface area contributed by atoms with E-state index >= 15 is 0 Å². The predicted octanol–water partition coefficient (Wildman–Crippen LogP) is 2.34. The Kier molecular flexibility index (Phi) is 5.90. The minimum atomic E-state index is -1.01. The van der Waals surface area contributed by atoms with Crippen LogP contribution in [-0.2, 0) is 4.79 Å². The minimum absolute atomic E-state index is 0.0100. The van der Waals surface area contributed by atoms with Crippen molar-refractivity contribution in [3.8, 4) is 5.75 Å². The van der Waals surface area contributed by atoms with Crippen molar-refractivity contribution in [3.63, 3.8) is 0 Å². The number of ether oxygens (including phenoxy) is 1. The van der Waals surface area contributed by atoms with Crippen molar-refractivity contribution in [1.29, 1.82) is 0 Å². The van der Waals surface area contributed by atoms with Crippen LogP contribution in [-0.4, -0.2) is 36.1 Å². The number of carbonyl (C=O) groups is 2. The van der Waals surface area contributed by atoms with Crippen molar-refractivity contribution in [2.45, 2.75) is 46.2 Å². The molecule has 0 aliphatic heterocycles. The van der Waals surface area contributed by atoms with Gasteiger partial charge in [0.15, 0.2) is 5.78 Å². The molecule has 5 heteroatoms. The molecule has 0 saturated heterocycles. The molecule has 5 nitrogen and oxygen atoms in total. The Hall–Kier alpha value is -1.88. The van der Waals surface area contributed by atoms with Crippen molar-refractivity contribution in [2.75, 3.05) is 7.11 Å². The fourth-order valence-corrected chi connectivity index (χ4v) is 2.14. The largest absolute Gasteiger partial charge is 0.496 e. The third kappa shape index (κ3) is 4.56. The summed E-state index contributed by atoms with van der Waals surface area (Å²) in [4.78, 5) is 23.6. The molecule has 0 heterocycles. The van der Waals surface area contributed by atoms with Crippen LogP contribution in [0.2, 0.25) is 0 Å². The number of hydrogen-bond acceptors (Lipinski definition) is 4. The average molecular weight is 293 g/mol. The maximum Gasteiger partial charge on any atom is 0.305 e. The number of carboxylic acids is 1. The van der Waals surface area contributed by atoms with Crippen molar-refractivity contribution >= 4 is 11.8 Å². The molecule has 0 aliphatic rings. The summed E-state index contributed by atoms with van der Waals surface area (Å²) in [6.07, 6.45) is -0.257. The maximum absolute atomic E-state index is 12.7. The molecule has 0 radical (unpaired) electrons. The number of hydrogen-bond donors (Lipinski definition) is 2. The summed E-state index contributed by atoms with van der Waals surface area (Å²) < 4.78 is 5.27. The lowest BCUT2D eigenvalue weighted by atomic mass is 9.96. The number of methoxy groups -OCH3 is 1. The lowest BCUT2D eigenvalue weighted by Crippen LogP contribution is -2.42. The smallest absolute Gasteiger partial charge is 0.305 e. The highest BCUT2D eigenvalue weighted by Crippen LogP contribution is 2.25. The van der Waals surface area contributed by atoms with Gasteiger partial charge in [0.2, 0.25) is 0 Å². The first-order valence-electron chi connectivity index (χ1n) is 6.93. The van der Waals surface area contributed by atoms with Gasteiger partial charge in [-0.15, -0.1) is 0 Å². The van der Waals surface area contributed by atoms with E-state index in [-0.39, 0.29) is 18.2 Å². The van der Waals surface area contributed by atoms with E-state index in [1.54, 1.807) is 12.1 Å². The second-order valence-electron chi connectivity index (χ2n) is 5.47. The first-order chi connectivity index (χ1) is 9.76. The van der Waals surface area contributed by atoms with Gasteiger partial charge in [0.1, 0.15) is 5.75 Å². The number of aliphatic carboxylic acids is 1. The molecular weight excluding hydrogens is 270 g/mol. The molecule has 0 amide bonds. The highest BCUT2D eigenvalue weighted by molar-refractivity contribution is 6.04. The van der Waals surface area contributed by atoms with E-state index in [0.717, 1.165) is 11.1 Å². The summed E-state index contributed by atoms with van der Waals surface area (Å²) in [5.41, 5.74) is 2.41. The second kappa shape index (κ2) is 7.22. The van der Waals surface area contributed by atoms with E-state index in [1.165, 1.54) is 7.11 Å². The van der Waals surface area contributed by atoms with Crippen LogP contribution in [0, 0.1) is 13.8 Å². The van der Waals surface area contributed by atoms with E-state index in [4.69, 9.17) is 9.84 Å². The van der Waals surface area contributed by atoms with Gasteiger partial charge in [0.25, 0.3) is 0 Å². The summed E-state index contributed by atoms with van der Waals surface area (Å²) in [6.45, 7) is 7.60. The maximum atomic E-state index is 12.7. The van der Waals surface area contributed by atoms with Crippen LogP contribution >= 0.6 is 0 Å². The van der Waals surface area contributed by atoms with Gasteiger partial charge >= 0.3 is 5.97 Å². The quantitative estimate of drug-likeness (QED) is 0.755. The lowest BCUT2D eigenvalue weighted by Gasteiger charge is -2.20. The monoisotopic (exact) mass is 293 g/mol. The van der Waals surface area contributed by atoms with Crippen LogP contribution in [0.1, 0.15) is 41.8 Å². The molecule has 0 spiro atoms. The SMILES string of the molecule is COc1cc(C)c(C)cc1C(=O)C(CC(=O)O)NC(C)C. The normalized spacial score (nSPS) is 12.3. The van der Waals surface area contributed by atoms with Gasteiger partial charge in [-0.05, 0) is 37.1 Å². The zero-order chi connectivity index (χ0) is 16.2. The van der Waals surface area contributed by atoms with Crippen LogP contribution in [0.3, 0.4) is 0 Å². The molecule has 2 N–H and O–H groups in total. The third-order valence-electron chi connectivity index (χ3n) is 3.31. The van der Waals surface area contributed by atoms with Crippen LogP contribution in [0.4, 0.5) is 0 Å². The number of nitrogens with one attached hydrogen (secondary N) is 1. The lowest BCUT2D eigenvalue weighted by molar-refractivity contribution is -0.137. The summed E-state index contributed by atoms with van der Waals surface area (Å²) in [7, 11) is 1.50. The first kappa shape index (κ1) is 17.2. The number of carboxylic acid groups (broad SMARTS) is 1. The molecule has 1 unspecified atom stereocenters. The highest BCUT2D eigenvalue weighted by Gasteiger charge is 2.26. The average Bonchev–Trinajstić information content (AvgIpc) is 2.38. The third-order valence-corrected chi connectivity index (χ3v) is 3.31. The standard InChI is InChI=1S/C16H23NO4/c1-9(2)17-13(8-15(18)19)16(20)12-6-10(3)11(4)7-14(12)21-5/h6-7,9,13,17H,8H2,1-5H3,(H,18,19). The zero-order valence-corrected chi connectivity index (χ0v) is 13.2.